The number of rotatable bonds is 5. The third-order valence-electron chi connectivity index (χ3n) is 4.71. The molecule has 1 unspecified atom stereocenters. The van der Waals surface area contributed by atoms with E-state index in [9.17, 15) is 9.59 Å². The molecule has 1 atom stereocenters. The number of hydrogen-bond donors (Lipinski definition) is 2. The lowest BCUT2D eigenvalue weighted by atomic mass is 9.98. The molecule has 0 radical (unpaired) electrons. The topological polar surface area (TPSA) is 67.4 Å². The Labute approximate surface area is 152 Å². The third-order valence-corrected chi connectivity index (χ3v) is 4.71. The molecule has 2 heterocycles. The highest BCUT2D eigenvalue weighted by Gasteiger charge is 2.30. The number of anilines is 1. The lowest BCUT2D eigenvalue weighted by molar-refractivity contribution is -0.125. The Hall–Kier alpha value is -3.08. The Morgan fingerprint density at radius 3 is 2.65 bits per heavy atom. The quantitative estimate of drug-likeness (QED) is 0.816. The van der Waals surface area contributed by atoms with Crippen LogP contribution < -0.4 is 15.4 Å². The standard InChI is InChI=1S/C21H20N2O3/c24-20-11-17(21(25)23-20)9-14-5-7-18(8-6-14)22-12-15-10-16-3-1-2-4-19(16)26-13-15/h1-8,10,17,22H,9,11-13H2,(H,23,24,25). The Kier molecular flexibility index (Phi) is 4.44. The summed E-state index contributed by atoms with van der Waals surface area (Å²) < 4.78 is 5.76. The smallest absolute Gasteiger partial charge is 0.230 e. The van der Waals surface area contributed by atoms with Crippen LogP contribution in [-0.2, 0) is 16.0 Å². The van der Waals surface area contributed by atoms with Gasteiger partial charge < -0.3 is 10.1 Å². The highest BCUT2D eigenvalue weighted by Crippen LogP contribution is 2.26. The van der Waals surface area contributed by atoms with Gasteiger partial charge in [-0.15, -0.1) is 0 Å². The molecule has 5 nitrogen and oxygen atoms in total. The Morgan fingerprint density at radius 2 is 1.88 bits per heavy atom. The largest absolute Gasteiger partial charge is 0.489 e. The van der Waals surface area contributed by atoms with E-state index < -0.39 is 0 Å². The molecule has 4 rings (SSSR count). The molecule has 2 aliphatic rings. The van der Waals surface area contributed by atoms with E-state index in [0.717, 1.165) is 22.6 Å². The van der Waals surface area contributed by atoms with Gasteiger partial charge in [-0.2, -0.15) is 0 Å². The molecular weight excluding hydrogens is 328 g/mol. The molecule has 2 amide bonds. The van der Waals surface area contributed by atoms with Crippen molar-refractivity contribution in [1.82, 2.24) is 5.32 Å². The summed E-state index contributed by atoms with van der Waals surface area (Å²) >= 11 is 0. The lowest BCUT2D eigenvalue weighted by Crippen LogP contribution is -2.22. The zero-order valence-electron chi connectivity index (χ0n) is 14.3. The van der Waals surface area contributed by atoms with Gasteiger partial charge in [-0.25, -0.2) is 0 Å². The summed E-state index contributed by atoms with van der Waals surface area (Å²) in [5, 5.41) is 5.75. The monoisotopic (exact) mass is 348 g/mol. The molecular formula is C21H20N2O3. The van der Waals surface area contributed by atoms with E-state index in [0.29, 0.717) is 19.6 Å². The molecule has 132 valence electrons. The molecule has 0 aromatic heterocycles. The van der Waals surface area contributed by atoms with Crippen LogP contribution in [0.2, 0.25) is 0 Å². The van der Waals surface area contributed by atoms with Crippen molar-refractivity contribution in [3.05, 3.63) is 65.2 Å². The lowest BCUT2D eigenvalue weighted by Gasteiger charge is -2.18. The molecule has 5 heteroatoms. The van der Waals surface area contributed by atoms with Crippen molar-refractivity contribution in [2.24, 2.45) is 5.92 Å². The first-order valence-corrected chi connectivity index (χ1v) is 8.75. The Balaban J connectivity index is 1.34. The number of hydrogen-bond acceptors (Lipinski definition) is 4. The molecule has 0 saturated carbocycles. The van der Waals surface area contributed by atoms with Crippen LogP contribution in [-0.4, -0.2) is 25.0 Å². The Bertz CT molecular complexity index is 871. The van der Waals surface area contributed by atoms with Crippen molar-refractivity contribution in [2.75, 3.05) is 18.5 Å². The summed E-state index contributed by atoms with van der Waals surface area (Å²) in [5.74, 6) is 0.338. The van der Waals surface area contributed by atoms with Gasteiger partial charge in [0.2, 0.25) is 11.8 Å². The zero-order valence-corrected chi connectivity index (χ0v) is 14.3. The SMILES string of the molecule is O=C1CC(Cc2ccc(NCC3=Cc4ccccc4OC3)cc2)C(=O)N1. The second-order valence-electron chi connectivity index (χ2n) is 6.70. The summed E-state index contributed by atoms with van der Waals surface area (Å²) in [4.78, 5) is 22.9. The first-order chi connectivity index (χ1) is 12.7. The highest BCUT2D eigenvalue weighted by atomic mass is 16.5. The summed E-state index contributed by atoms with van der Waals surface area (Å²) in [5.41, 5.74) is 4.37. The van der Waals surface area contributed by atoms with E-state index in [1.54, 1.807) is 0 Å². The minimum atomic E-state index is -0.245. The molecule has 0 bridgehead atoms. The molecule has 26 heavy (non-hydrogen) atoms. The number of carbonyl (C=O) groups excluding carboxylic acids is 2. The maximum atomic E-state index is 11.7. The second kappa shape index (κ2) is 7.04. The van der Waals surface area contributed by atoms with E-state index in [1.165, 1.54) is 5.57 Å². The molecule has 1 saturated heterocycles. The van der Waals surface area contributed by atoms with Crippen molar-refractivity contribution in [2.45, 2.75) is 12.8 Å². The predicted octanol–water partition coefficient (Wildman–Crippen LogP) is 2.78. The van der Waals surface area contributed by atoms with E-state index >= 15 is 0 Å². The number of nitrogens with one attached hydrogen (secondary N) is 2. The predicted molar refractivity (Wildman–Crippen MR) is 99.8 cm³/mol. The number of fused-ring (bicyclic) bond motifs is 1. The van der Waals surface area contributed by atoms with Gasteiger partial charge in [-0.05, 0) is 41.8 Å². The fourth-order valence-corrected chi connectivity index (χ4v) is 3.30. The summed E-state index contributed by atoms with van der Waals surface area (Å²) in [6.07, 6.45) is 3.04. The van der Waals surface area contributed by atoms with Crippen LogP contribution >= 0.6 is 0 Å². The van der Waals surface area contributed by atoms with E-state index in [4.69, 9.17) is 4.74 Å². The van der Waals surface area contributed by atoms with Crippen LogP contribution in [0, 0.1) is 5.92 Å². The van der Waals surface area contributed by atoms with Crippen LogP contribution in [0.1, 0.15) is 17.5 Å². The molecule has 2 aliphatic heterocycles. The van der Waals surface area contributed by atoms with Gasteiger partial charge in [-0.1, -0.05) is 30.3 Å². The van der Waals surface area contributed by atoms with Gasteiger partial charge in [0.1, 0.15) is 12.4 Å². The van der Waals surface area contributed by atoms with E-state index in [2.05, 4.69) is 16.7 Å². The number of ether oxygens (including phenoxy) is 1. The van der Waals surface area contributed by atoms with Crippen LogP contribution in [0.3, 0.4) is 0 Å². The highest BCUT2D eigenvalue weighted by molar-refractivity contribution is 6.03. The van der Waals surface area contributed by atoms with Crippen LogP contribution in [0.25, 0.3) is 6.08 Å². The van der Waals surface area contributed by atoms with E-state index in [1.807, 2.05) is 48.5 Å². The van der Waals surface area contributed by atoms with E-state index in [-0.39, 0.29) is 24.2 Å². The van der Waals surface area contributed by atoms with Crippen molar-refractivity contribution in [1.29, 1.82) is 0 Å². The third kappa shape index (κ3) is 3.61. The van der Waals surface area contributed by atoms with Crippen molar-refractivity contribution in [3.63, 3.8) is 0 Å². The number of carbonyl (C=O) groups is 2. The van der Waals surface area contributed by atoms with Gasteiger partial charge in [0.15, 0.2) is 0 Å². The molecule has 2 aromatic carbocycles. The van der Waals surface area contributed by atoms with Gasteiger partial charge in [0.25, 0.3) is 0 Å². The average molecular weight is 348 g/mol. The minimum Gasteiger partial charge on any atom is -0.489 e. The zero-order chi connectivity index (χ0) is 17.9. The molecule has 2 N–H and O–H groups in total. The fraction of sp³-hybridized carbons (Fsp3) is 0.238. The van der Waals surface area contributed by atoms with Crippen molar-refractivity contribution in [3.8, 4) is 5.75 Å². The van der Waals surface area contributed by atoms with Crippen LogP contribution in [0.5, 0.6) is 5.75 Å². The van der Waals surface area contributed by atoms with Crippen molar-refractivity contribution < 1.29 is 14.3 Å². The minimum absolute atomic E-state index is 0.165. The van der Waals surface area contributed by atoms with Crippen molar-refractivity contribution >= 4 is 23.6 Å². The molecule has 1 fully saturated rings. The maximum Gasteiger partial charge on any atom is 0.230 e. The Morgan fingerprint density at radius 1 is 1.08 bits per heavy atom. The van der Waals surface area contributed by atoms with Gasteiger partial charge in [-0.3, -0.25) is 14.9 Å². The summed E-state index contributed by atoms with van der Waals surface area (Å²) in [6, 6.07) is 16.0. The van der Waals surface area contributed by atoms with Gasteiger partial charge in [0, 0.05) is 24.2 Å². The normalized spacial score (nSPS) is 18.6. The average Bonchev–Trinajstić information content (AvgIpc) is 2.98. The summed E-state index contributed by atoms with van der Waals surface area (Å²) in [6.45, 7) is 1.31. The number of para-hydroxylation sites is 1. The second-order valence-corrected chi connectivity index (χ2v) is 6.70. The van der Waals surface area contributed by atoms with Gasteiger partial charge in [0.05, 0.1) is 5.92 Å². The number of imide groups is 1. The molecule has 2 aromatic rings. The summed E-state index contributed by atoms with van der Waals surface area (Å²) in [7, 11) is 0. The first-order valence-electron chi connectivity index (χ1n) is 8.75. The molecule has 0 aliphatic carbocycles. The number of amides is 2. The maximum absolute atomic E-state index is 11.7. The van der Waals surface area contributed by atoms with Gasteiger partial charge >= 0.3 is 0 Å². The van der Waals surface area contributed by atoms with Crippen LogP contribution in [0.4, 0.5) is 5.69 Å². The van der Waals surface area contributed by atoms with Crippen LogP contribution in [0.15, 0.2) is 54.1 Å². The number of benzene rings is 2. The molecule has 0 spiro atoms. The first kappa shape index (κ1) is 16.4. The fourth-order valence-electron chi connectivity index (χ4n) is 3.30.